The molecule has 30 heavy (non-hydrogen) atoms. The molecule has 0 amide bonds. The third kappa shape index (κ3) is 2.52. The normalized spacial score (nSPS) is 24.6. The minimum absolute atomic E-state index is 0.122. The van der Waals surface area contributed by atoms with Gasteiger partial charge in [0.05, 0.1) is 19.5 Å². The number of ether oxygens (including phenoxy) is 3. The molecule has 5 rings (SSSR count). The highest BCUT2D eigenvalue weighted by molar-refractivity contribution is 5.95. The Morgan fingerprint density at radius 3 is 2.63 bits per heavy atom. The topological polar surface area (TPSA) is 109 Å². The van der Waals surface area contributed by atoms with Crippen LogP contribution in [0.1, 0.15) is 48.3 Å². The molecule has 2 aromatic rings. The number of hydrogen-bond donors (Lipinski definition) is 1. The van der Waals surface area contributed by atoms with Gasteiger partial charge in [-0.15, -0.1) is 0 Å². The number of Topliss-reactive ketones (excluding diaryl/α,β-unsaturated/α-hetero) is 1. The molecule has 8 heteroatoms. The van der Waals surface area contributed by atoms with E-state index in [2.05, 4.69) is 23.8 Å². The molecule has 1 aromatic carbocycles. The van der Waals surface area contributed by atoms with Gasteiger partial charge in [-0.2, -0.15) is 0 Å². The molecular weight excluding hydrogens is 384 g/mol. The van der Waals surface area contributed by atoms with E-state index in [1.54, 1.807) is 0 Å². The number of aromatic nitrogens is 2. The third-order valence-corrected chi connectivity index (χ3v) is 6.77. The van der Waals surface area contributed by atoms with Crippen molar-refractivity contribution in [2.75, 3.05) is 13.7 Å². The van der Waals surface area contributed by atoms with Crippen molar-refractivity contribution in [2.24, 2.45) is 16.1 Å². The van der Waals surface area contributed by atoms with Crippen LogP contribution in [0.2, 0.25) is 0 Å². The van der Waals surface area contributed by atoms with Gasteiger partial charge in [-0.1, -0.05) is 6.07 Å². The lowest BCUT2D eigenvalue weighted by atomic mass is 9.65. The Hall–Kier alpha value is -3.16. The van der Waals surface area contributed by atoms with Crippen molar-refractivity contribution in [3.63, 3.8) is 0 Å². The Kier molecular flexibility index (Phi) is 3.87. The molecule has 2 spiro atoms. The van der Waals surface area contributed by atoms with Gasteiger partial charge in [-0.05, 0) is 44.4 Å². The van der Waals surface area contributed by atoms with E-state index in [-0.39, 0.29) is 23.6 Å². The van der Waals surface area contributed by atoms with Gasteiger partial charge < -0.3 is 19.9 Å². The fraction of sp³-hybridized carbons (Fsp3) is 0.455. The zero-order valence-corrected chi connectivity index (χ0v) is 17.3. The fourth-order valence-corrected chi connectivity index (χ4v) is 5.02. The molecule has 0 saturated heterocycles. The lowest BCUT2D eigenvalue weighted by Gasteiger charge is -2.49. The van der Waals surface area contributed by atoms with Gasteiger partial charge in [-0.3, -0.25) is 4.79 Å². The maximum absolute atomic E-state index is 12.7. The number of carbonyl (C=O) groups is 1. The van der Waals surface area contributed by atoms with Crippen LogP contribution in [-0.4, -0.2) is 41.1 Å². The maximum atomic E-state index is 12.7. The van der Waals surface area contributed by atoms with Crippen LogP contribution in [0, 0.1) is 5.41 Å². The van der Waals surface area contributed by atoms with E-state index in [0.717, 1.165) is 29.7 Å². The summed E-state index contributed by atoms with van der Waals surface area (Å²) < 4.78 is 17.1. The summed E-state index contributed by atoms with van der Waals surface area (Å²) >= 11 is 0. The molecule has 1 atom stereocenters. The summed E-state index contributed by atoms with van der Waals surface area (Å²) in [6, 6.07) is 6.04. The average Bonchev–Trinajstić information content (AvgIpc) is 3.46. The third-order valence-electron chi connectivity index (χ3n) is 6.77. The van der Waals surface area contributed by atoms with Crippen LogP contribution in [0.3, 0.4) is 0 Å². The maximum Gasteiger partial charge on any atom is 0.283 e. The second-order valence-corrected chi connectivity index (χ2v) is 8.67. The molecule has 3 aliphatic rings. The summed E-state index contributed by atoms with van der Waals surface area (Å²) in [7, 11) is 1.51. The molecule has 156 valence electrons. The second-order valence-electron chi connectivity index (χ2n) is 8.67. The molecule has 8 nitrogen and oxygen atoms in total. The van der Waals surface area contributed by atoms with Gasteiger partial charge in [0.1, 0.15) is 29.2 Å². The number of carbonyl (C=O) groups excluding carboxylic acids is 1. The summed E-state index contributed by atoms with van der Waals surface area (Å²) in [4.78, 5) is 25.8. The summed E-state index contributed by atoms with van der Waals surface area (Å²) in [6.07, 6.45) is 5.05. The highest BCUT2D eigenvalue weighted by atomic mass is 16.5. The van der Waals surface area contributed by atoms with Crippen molar-refractivity contribution in [3.05, 3.63) is 47.4 Å². The van der Waals surface area contributed by atoms with Crippen molar-refractivity contribution in [3.8, 4) is 11.6 Å². The van der Waals surface area contributed by atoms with Crippen LogP contribution in [0.15, 0.2) is 35.6 Å². The van der Waals surface area contributed by atoms with E-state index in [9.17, 15) is 4.79 Å². The molecule has 0 unspecified atom stereocenters. The summed E-state index contributed by atoms with van der Waals surface area (Å²) in [6.45, 7) is 4.60. The van der Waals surface area contributed by atoms with Crippen molar-refractivity contribution in [2.45, 2.75) is 44.2 Å². The number of fused-ring (bicyclic) bond motifs is 3. The SMILES string of the molecule is COc1cnc(C(=O)Cc2ccc3c(c2)[C@@]2(COC(N)=N2)C2(CC2)C(C)(C)O3)cn1. The summed E-state index contributed by atoms with van der Waals surface area (Å²) in [5.41, 5.74) is 6.90. The minimum atomic E-state index is -0.590. The lowest BCUT2D eigenvalue weighted by molar-refractivity contribution is -0.0478. The highest BCUT2D eigenvalue weighted by Gasteiger charge is 2.73. The molecule has 0 radical (unpaired) electrons. The standard InChI is InChI=1S/C22H24N4O4/c1-20(2)21(6-7-21)22(12-29-19(23)26-22)14-8-13(4-5-17(14)30-20)9-16(27)15-10-25-18(28-3)11-24-15/h4-5,8,10-11H,6-7,9,12H2,1-3H3,(H2,23,26)/t22-/m0/s1. The van der Waals surface area contributed by atoms with Crippen LogP contribution in [0.25, 0.3) is 0 Å². The summed E-state index contributed by atoms with van der Waals surface area (Å²) in [5, 5.41) is 0. The van der Waals surface area contributed by atoms with Gasteiger partial charge in [0.2, 0.25) is 5.88 Å². The monoisotopic (exact) mass is 408 g/mol. The number of hydrogen-bond acceptors (Lipinski definition) is 8. The predicted octanol–water partition coefficient (Wildman–Crippen LogP) is 2.40. The zero-order chi connectivity index (χ0) is 21.1. The quantitative estimate of drug-likeness (QED) is 0.774. The van der Waals surface area contributed by atoms with Gasteiger partial charge in [0.15, 0.2) is 5.78 Å². The van der Waals surface area contributed by atoms with Gasteiger partial charge in [0, 0.05) is 17.4 Å². The first-order valence-electron chi connectivity index (χ1n) is 10.0. The van der Waals surface area contributed by atoms with Crippen LogP contribution in [0.4, 0.5) is 0 Å². The number of benzene rings is 1. The van der Waals surface area contributed by atoms with Crippen LogP contribution in [-0.2, 0) is 16.7 Å². The lowest BCUT2D eigenvalue weighted by Crippen LogP contribution is -2.55. The first-order chi connectivity index (χ1) is 14.3. The van der Waals surface area contributed by atoms with Crippen LogP contribution >= 0.6 is 0 Å². The Morgan fingerprint density at radius 1 is 1.23 bits per heavy atom. The van der Waals surface area contributed by atoms with Crippen molar-refractivity contribution in [1.82, 2.24) is 9.97 Å². The van der Waals surface area contributed by atoms with Gasteiger partial charge in [-0.25, -0.2) is 15.0 Å². The number of nitrogens with zero attached hydrogens (tertiary/aromatic N) is 3. The van der Waals surface area contributed by atoms with Crippen LogP contribution in [0.5, 0.6) is 11.6 Å². The van der Waals surface area contributed by atoms with Crippen LogP contribution < -0.4 is 15.2 Å². The van der Waals surface area contributed by atoms with E-state index in [1.807, 2.05) is 18.2 Å². The number of rotatable bonds is 4. The fourth-order valence-electron chi connectivity index (χ4n) is 5.02. The Labute approximate surface area is 174 Å². The molecule has 2 N–H and O–H groups in total. The largest absolute Gasteiger partial charge is 0.487 e. The number of ketones is 1. The van der Waals surface area contributed by atoms with E-state index in [4.69, 9.17) is 24.9 Å². The van der Waals surface area contributed by atoms with E-state index in [1.165, 1.54) is 19.5 Å². The van der Waals surface area contributed by atoms with E-state index in [0.29, 0.717) is 18.2 Å². The predicted molar refractivity (Wildman–Crippen MR) is 109 cm³/mol. The number of methoxy groups -OCH3 is 1. The Balaban J connectivity index is 1.51. The molecular formula is C22H24N4O4. The first-order valence-corrected chi connectivity index (χ1v) is 10.0. The van der Waals surface area contributed by atoms with Gasteiger partial charge >= 0.3 is 0 Å². The number of nitrogens with two attached hydrogens (primary N) is 1. The molecule has 2 aliphatic heterocycles. The Bertz CT molecular complexity index is 1060. The summed E-state index contributed by atoms with van der Waals surface area (Å²) in [5.74, 6) is 1.01. The van der Waals surface area contributed by atoms with Crippen molar-refractivity contribution >= 4 is 11.8 Å². The molecule has 1 saturated carbocycles. The second kappa shape index (κ2) is 6.17. The molecule has 1 aliphatic carbocycles. The van der Waals surface area contributed by atoms with Crippen molar-refractivity contribution < 1.29 is 19.0 Å². The molecule has 3 heterocycles. The smallest absolute Gasteiger partial charge is 0.283 e. The molecule has 0 bridgehead atoms. The number of aliphatic imine (C=N–C) groups is 1. The first kappa shape index (κ1) is 18.8. The molecule has 1 aromatic heterocycles. The number of amidine groups is 1. The molecule has 1 fully saturated rings. The Morgan fingerprint density at radius 2 is 2.03 bits per heavy atom. The minimum Gasteiger partial charge on any atom is -0.487 e. The van der Waals surface area contributed by atoms with Crippen molar-refractivity contribution in [1.29, 1.82) is 0 Å². The zero-order valence-electron chi connectivity index (χ0n) is 17.3. The highest BCUT2D eigenvalue weighted by Crippen LogP contribution is 2.71. The van der Waals surface area contributed by atoms with Gasteiger partial charge in [0.25, 0.3) is 6.02 Å². The average molecular weight is 408 g/mol. The van der Waals surface area contributed by atoms with E-state index < -0.39 is 11.1 Å². The van der Waals surface area contributed by atoms with E-state index >= 15 is 0 Å².